The van der Waals surface area contributed by atoms with Crippen molar-refractivity contribution < 1.29 is 0 Å². The van der Waals surface area contributed by atoms with Gasteiger partial charge in [0.25, 0.3) is 0 Å². The maximum absolute atomic E-state index is 5.68. The number of anilines is 1. The Bertz CT molecular complexity index is 305. The molecule has 0 unspecified atom stereocenters. The summed E-state index contributed by atoms with van der Waals surface area (Å²) in [5.74, 6) is 0. The summed E-state index contributed by atoms with van der Waals surface area (Å²) < 4.78 is 0. The molecule has 0 saturated carbocycles. The molecule has 1 rings (SSSR count). The summed E-state index contributed by atoms with van der Waals surface area (Å²) in [6.07, 6.45) is 1.09. The van der Waals surface area contributed by atoms with Crippen molar-refractivity contribution >= 4 is 5.69 Å². The van der Waals surface area contributed by atoms with Crippen LogP contribution in [0.4, 0.5) is 5.69 Å². The van der Waals surface area contributed by atoms with Crippen LogP contribution in [-0.2, 0) is 0 Å². The summed E-state index contributed by atoms with van der Waals surface area (Å²) in [7, 11) is 0. The highest BCUT2D eigenvalue weighted by Gasteiger charge is 2.14. The minimum Gasteiger partial charge on any atom is -0.385 e. The Morgan fingerprint density at radius 3 is 2.67 bits per heavy atom. The minimum absolute atomic E-state index is 0.233. The fraction of sp³-hybridized carbons (Fsp3) is 0.538. The molecule has 84 valence electrons. The highest BCUT2D eigenvalue weighted by molar-refractivity contribution is 5.45. The normalized spacial score (nSPS) is 11.5. The molecule has 15 heavy (non-hydrogen) atoms. The molecule has 0 aliphatic carbocycles. The summed E-state index contributed by atoms with van der Waals surface area (Å²) in [5.41, 5.74) is 8.40. The van der Waals surface area contributed by atoms with Crippen LogP contribution in [0.25, 0.3) is 0 Å². The summed E-state index contributed by atoms with van der Waals surface area (Å²) in [5, 5.41) is 3.42. The molecule has 0 aliphatic heterocycles. The Balaban J connectivity index is 2.38. The van der Waals surface area contributed by atoms with Crippen molar-refractivity contribution in [1.82, 2.24) is 0 Å². The number of nitrogens with two attached hydrogens (primary N) is 1. The first kappa shape index (κ1) is 12.1. The second kappa shape index (κ2) is 5.17. The van der Waals surface area contributed by atoms with Crippen LogP contribution in [0.3, 0.4) is 0 Å². The molecule has 0 radical (unpaired) electrons. The Kier molecular flexibility index (Phi) is 4.15. The van der Waals surface area contributed by atoms with E-state index in [9.17, 15) is 0 Å². The van der Waals surface area contributed by atoms with Crippen LogP contribution in [0.15, 0.2) is 24.3 Å². The van der Waals surface area contributed by atoms with Crippen molar-refractivity contribution in [3.8, 4) is 0 Å². The van der Waals surface area contributed by atoms with Crippen LogP contribution in [0, 0.1) is 12.3 Å². The first-order valence-corrected chi connectivity index (χ1v) is 5.54. The molecule has 0 amide bonds. The highest BCUT2D eigenvalue weighted by atomic mass is 14.9. The first-order chi connectivity index (χ1) is 7.03. The van der Waals surface area contributed by atoms with Gasteiger partial charge in [-0.3, -0.25) is 0 Å². The SMILES string of the molecule is Cc1cccc(NCCC(C)(C)CN)c1. The molecule has 0 bridgehead atoms. The molecular formula is C13H22N2. The first-order valence-electron chi connectivity index (χ1n) is 5.54. The predicted octanol–water partition coefficient (Wildman–Crippen LogP) is 2.78. The van der Waals surface area contributed by atoms with Gasteiger partial charge in [-0.25, -0.2) is 0 Å². The van der Waals surface area contributed by atoms with Gasteiger partial charge < -0.3 is 11.1 Å². The lowest BCUT2D eigenvalue weighted by molar-refractivity contribution is 0.358. The van der Waals surface area contributed by atoms with E-state index in [0.717, 1.165) is 19.5 Å². The van der Waals surface area contributed by atoms with Crippen molar-refractivity contribution in [2.75, 3.05) is 18.4 Å². The van der Waals surface area contributed by atoms with E-state index in [1.165, 1.54) is 11.3 Å². The van der Waals surface area contributed by atoms with Crippen molar-refractivity contribution in [3.63, 3.8) is 0 Å². The summed E-state index contributed by atoms with van der Waals surface area (Å²) in [6.45, 7) is 8.22. The standard InChI is InChI=1S/C13H22N2/c1-11-5-4-6-12(9-11)15-8-7-13(2,3)10-14/h4-6,9,15H,7-8,10,14H2,1-3H3. The minimum atomic E-state index is 0.233. The lowest BCUT2D eigenvalue weighted by Gasteiger charge is -2.22. The molecule has 0 heterocycles. The Morgan fingerprint density at radius 1 is 1.33 bits per heavy atom. The molecule has 0 fully saturated rings. The third-order valence-electron chi connectivity index (χ3n) is 2.70. The smallest absolute Gasteiger partial charge is 0.0342 e. The number of nitrogens with one attached hydrogen (secondary N) is 1. The average molecular weight is 206 g/mol. The van der Waals surface area contributed by atoms with E-state index in [2.05, 4.69) is 50.4 Å². The molecule has 1 aromatic rings. The maximum Gasteiger partial charge on any atom is 0.0342 e. The average Bonchev–Trinajstić information content (AvgIpc) is 2.18. The van der Waals surface area contributed by atoms with Gasteiger partial charge >= 0.3 is 0 Å². The van der Waals surface area contributed by atoms with Gasteiger partial charge in [0.15, 0.2) is 0 Å². The van der Waals surface area contributed by atoms with Crippen molar-refractivity contribution in [2.45, 2.75) is 27.2 Å². The van der Waals surface area contributed by atoms with Gasteiger partial charge in [0.1, 0.15) is 0 Å². The Morgan fingerprint density at radius 2 is 2.07 bits per heavy atom. The van der Waals surface area contributed by atoms with E-state index in [4.69, 9.17) is 5.73 Å². The fourth-order valence-electron chi connectivity index (χ4n) is 1.40. The molecule has 0 aliphatic rings. The van der Waals surface area contributed by atoms with Crippen LogP contribution in [0.5, 0.6) is 0 Å². The second-order valence-electron chi connectivity index (χ2n) is 4.91. The molecule has 0 saturated heterocycles. The fourth-order valence-corrected chi connectivity index (χ4v) is 1.40. The monoisotopic (exact) mass is 206 g/mol. The number of rotatable bonds is 5. The maximum atomic E-state index is 5.68. The molecule has 3 N–H and O–H groups in total. The van der Waals surface area contributed by atoms with Gasteiger partial charge in [-0.15, -0.1) is 0 Å². The Labute approximate surface area is 92.9 Å². The molecule has 0 aromatic heterocycles. The number of hydrogen-bond acceptors (Lipinski definition) is 2. The zero-order chi connectivity index (χ0) is 11.3. The zero-order valence-electron chi connectivity index (χ0n) is 10.0. The third kappa shape index (κ3) is 4.34. The van der Waals surface area contributed by atoms with E-state index >= 15 is 0 Å². The van der Waals surface area contributed by atoms with Crippen molar-refractivity contribution in [1.29, 1.82) is 0 Å². The van der Waals surface area contributed by atoms with Crippen LogP contribution in [-0.4, -0.2) is 13.1 Å². The molecule has 2 heteroatoms. The van der Waals surface area contributed by atoms with E-state index in [0.29, 0.717) is 0 Å². The number of aryl methyl sites for hydroxylation is 1. The van der Waals surface area contributed by atoms with Gasteiger partial charge in [0.05, 0.1) is 0 Å². The van der Waals surface area contributed by atoms with Gasteiger partial charge in [-0.2, -0.15) is 0 Å². The second-order valence-corrected chi connectivity index (χ2v) is 4.91. The van der Waals surface area contributed by atoms with Gasteiger partial charge in [0.2, 0.25) is 0 Å². The summed E-state index contributed by atoms with van der Waals surface area (Å²) >= 11 is 0. The predicted molar refractivity (Wildman–Crippen MR) is 67.1 cm³/mol. The van der Waals surface area contributed by atoms with Gasteiger partial charge in [0, 0.05) is 12.2 Å². The van der Waals surface area contributed by atoms with E-state index in [1.807, 2.05) is 0 Å². The van der Waals surface area contributed by atoms with Crippen LogP contribution < -0.4 is 11.1 Å². The molecule has 1 aromatic carbocycles. The molecule has 0 atom stereocenters. The van der Waals surface area contributed by atoms with Gasteiger partial charge in [-0.1, -0.05) is 26.0 Å². The van der Waals surface area contributed by atoms with Crippen molar-refractivity contribution in [3.05, 3.63) is 29.8 Å². The quantitative estimate of drug-likeness (QED) is 0.777. The van der Waals surface area contributed by atoms with Crippen molar-refractivity contribution in [2.24, 2.45) is 11.1 Å². The van der Waals surface area contributed by atoms with Crippen LogP contribution in [0.1, 0.15) is 25.8 Å². The topological polar surface area (TPSA) is 38.0 Å². The summed E-state index contributed by atoms with van der Waals surface area (Å²) in [6, 6.07) is 8.44. The molecule has 2 nitrogen and oxygen atoms in total. The largest absolute Gasteiger partial charge is 0.385 e. The number of benzene rings is 1. The van der Waals surface area contributed by atoms with Gasteiger partial charge in [-0.05, 0) is 43.0 Å². The lowest BCUT2D eigenvalue weighted by Crippen LogP contribution is -2.26. The Hall–Kier alpha value is -1.02. The highest BCUT2D eigenvalue weighted by Crippen LogP contribution is 2.18. The van der Waals surface area contributed by atoms with Crippen LogP contribution in [0.2, 0.25) is 0 Å². The lowest BCUT2D eigenvalue weighted by atomic mass is 9.90. The van der Waals surface area contributed by atoms with E-state index in [-0.39, 0.29) is 5.41 Å². The third-order valence-corrected chi connectivity index (χ3v) is 2.70. The molecular weight excluding hydrogens is 184 g/mol. The van der Waals surface area contributed by atoms with E-state index < -0.39 is 0 Å². The van der Waals surface area contributed by atoms with Crippen LogP contribution >= 0.6 is 0 Å². The summed E-state index contributed by atoms with van der Waals surface area (Å²) in [4.78, 5) is 0. The molecule has 0 spiro atoms. The zero-order valence-corrected chi connectivity index (χ0v) is 10.0. The van der Waals surface area contributed by atoms with E-state index in [1.54, 1.807) is 0 Å². The number of hydrogen-bond donors (Lipinski definition) is 2.